The lowest BCUT2D eigenvalue weighted by Crippen LogP contribution is -2.27. The van der Waals surface area contributed by atoms with Gasteiger partial charge in [0, 0.05) is 41.5 Å². The third-order valence-electron chi connectivity index (χ3n) is 7.90. The van der Waals surface area contributed by atoms with Gasteiger partial charge in [-0.25, -0.2) is 14.4 Å². The number of likely N-dealkylation sites (tertiary alicyclic amines) is 1. The number of carbonyl (C=O) groups excluding carboxylic acids is 1. The minimum atomic E-state index is -0.382. The monoisotopic (exact) mass is 620 g/mol. The van der Waals surface area contributed by atoms with E-state index in [2.05, 4.69) is 40.3 Å². The van der Waals surface area contributed by atoms with Crippen molar-refractivity contribution in [3.63, 3.8) is 0 Å². The molecule has 1 aromatic carbocycles. The van der Waals surface area contributed by atoms with E-state index in [4.69, 9.17) is 9.72 Å². The van der Waals surface area contributed by atoms with Crippen molar-refractivity contribution in [2.45, 2.75) is 12.8 Å². The molecule has 1 fully saturated rings. The molecule has 1 amide bonds. The number of hydrogen-bond donors (Lipinski definition) is 3. The number of amides is 1. The summed E-state index contributed by atoms with van der Waals surface area (Å²) in [5, 5.41) is 11.2. The normalized spacial score (nSPS) is 13.7. The number of pyridine rings is 3. The quantitative estimate of drug-likeness (QED) is 0.198. The van der Waals surface area contributed by atoms with Crippen molar-refractivity contribution >= 4 is 33.7 Å². The van der Waals surface area contributed by atoms with E-state index in [1.807, 2.05) is 38.4 Å². The van der Waals surface area contributed by atoms with Crippen LogP contribution >= 0.6 is 0 Å². The van der Waals surface area contributed by atoms with E-state index in [9.17, 15) is 9.18 Å². The fourth-order valence-corrected chi connectivity index (χ4v) is 5.76. The molecule has 6 heterocycles. The molecular formula is C33H33FN10O2. The Bertz CT molecular complexity index is 2030. The zero-order chi connectivity index (χ0) is 31.6. The van der Waals surface area contributed by atoms with Crippen LogP contribution in [-0.2, 0) is 4.79 Å². The number of aromatic nitrogens is 7. The summed E-state index contributed by atoms with van der Waals surface area (Å²) < 4.78 is 20.7. The maximum absolute atomic E-state index is 14.8. The van der Waals surface area contributed by atoms with Crippen molar-refractivity contribution in [3.8, 4) is 39.7 Å². The zero-order valence-electron chi connectivity index (χ0n) is 25.5. The molecule has 0 spiro atoms. The summed E-state index contributed by atoms with van der Waals surface area (Å²) in [5.74, 6) is 0.460. The van der Waals surface area contributed by atoms with Gasteiger partial charge in [0.15, 0.2) is 11.5 Å². The maximum atomic E-state index is 14.8. The Morgan fingerprint density at radius 2 is 1.93 bits per heavy atom. The highest BCUT2D eigenvalue weighted by molar-refractivity contribution is 5.97. The number of imidazole rings is 1. The summed E-state index contributed by atoms with van der Waals surface area (Å²) >= 11 is 0. The first-order valence-electron chi connectivity index (χ1n) is 15.1. The molecule has 0 saturated carbocycles. The first kappa shape index (κ1) is 29.4. The third kappa shape index (κ3) is 6.28. The largest absolute Gasteiger partial charge is 0.492 e. The number of carbonyl (C=O) groups is 1. The first-order valence-corrected chi connectivity index (χ1v) is 15.1. The summed E-state index contributed by atoms with van der Waals surface area (Å²) in [6.45, 7) is 3.74. The lowest BCUT2D eigenvalue weighted by atomic mass is 10.1. The Balaban J connectivity index is 1.18. The summed E-state index contributed by atoms with van der Waals surface area (Å²) in [5.41, 5.74) is 5.79. The van der Waals surface area contributed by atoms with Gasteiger partial charge in [-0.15, -0.1) is 0 Å². The molecule has 13 heteroatoms. The van der Waals surface area contributed by atoms with E-state index < -0.39 is 0 Å². The van der Waals surface area contributed by atoms with Crippen molar-refractivity contribution in [2.75, 3.05) is 52.2 Å². The van der Waals surface area contributed by atoms with Crippen LogP contribution in [0.2, 0.25) is 0 Å². The standard InChI is InChI=1S/C33H33FN10O2/c1-43(2)19-29(45)38-23-12-21(16-35-17-23)27-15-26-28(18-37-27)41-42-31(26)33-39-30-25(5-6-36-32(30)40-33)20-11-22(34)14-24(13-20)46-10-9-44-7-3-4-8-44/h5-6,11-18H,3-4,7-10,19H2,1-2H3,(H,38,45)(H,41,42)(H,36,39,40). The number of ether oxygens (including phenoxy) is 1. The van der Waals surface area contributed by atoms with Crippen molar-refractivity contribution in [3.05, 3.63) is 67.0 Å². The first-order chi connectivity index (χ1) is 22.4. The average Bonchev–Trinajstić information content (AvgIpc) is 3.80. The van der Waals surface area contributed by atoms with E-state index >= 15 is 0 Å². The number of hydrogen-bond acceptors (Lipinski definition) is 9. The molecule has 0 atom stereocenters. The smallest absolute Gasteiger partial charge is 0.238 e. The summed E-state index contributed by atoms with van der Waals surface area (Å²) in [6, 6.07) is 10.3. The lowest BCUT2D eigenvalue weighted by Gasteiger charge is -2.15. The molecule has 7 rings (SSSR count). The molecular weight excluding hydrogens is 587 g/mol. The highest BCUT2D eigenvalue weighted by Crippen LogP contribution is 2.33. The molecule has 0 unspecified atom stereocenters. The number of aromatic amines is 2. The Kier molecular flexibility index (Phi) is 8.07. The Morgan fingerprint density at radius 1 is 1.07 bits per heavy atom. The van der Waals surface area contributed by atoms with E-state index in [0.29, 0.717) is 52.0 Å². The van der Waals surface area contributed by atoms with Crippen molar-refractivity contribution in [1.29, 1.82) is 0 Å². The summed E-state index contributed by atoms with van der Waals surface area (Å²) in [6.07, 6.45) is 9.07. The lowest BCUT2D eigenvalue weighted by molar-refractivity contribution is -0.116. The van der Waals surface area contributed by atoms with E-state index in [1.165, 1.54) is 25.0 Å². The average molecular weight is 621 g/mol. The maximum Gasteiger partial charge on any atom is 0.238 e. The highest BCUT2D eigenvalue weighted by Gasteiger charge is 2.18. The second-order valence-electron chi connectivity index (χ2n) is 11.7. The van der Waals surface area contributed by atoms with Crippen LogP contribution in [0.1, 0.15) is 12.8 Å². The molecule has 0 radical (unpaired) electrons. The molecule has 6 aromatic rings. The Labute approximate surface area is 264 Å². The molecule has 12 nitrogen and oxygen atoms in total. The van der Waals surface area contributed by atoms with Crippen molar-refractivity contribution in [2.24, 2.45) is 0 Å². The van der Waals surface area contributed by atoms with Gasteiger partial charge in [0.25, 0.3) is 0 Å². The minimum absolute atomic E-state index is 0.137. The van der Waals surface area contributed by atoms with Crippen LogP contribution in [0.3, 0.4) is 0 Å². The molecule has 0 aliphatic carbocycles. The second-order valence-corrected chi connectivity index (χ2v) is 11.7. The predicted molar refractivity (Wildman–Crippen MR) is 174 cm³/mol. The summed E-state index contributed by atoms with van der Waals surface area (Å²) in [4.78, 5) is 37.9. The molecule has 5 aromatic heterocycles. The van der Waals surface area contributed by atoms with Crippen LogP contribution in [0.4, 0.5) is 10.1 Å². The van der Waals surface area contributed by atoms with Crippen LogP contribution in [0.15, 0.2) is 61.2 Å². The van der Waals surface area contributed by atoms with E-state index in [1.54, 1.807) is 29.7 Å². The van der Waals surface area contributed by atoms with Gasteiger partial charge in [-0.3, -0.25) is 24.8 Å². The molecule has 234 valence electrons. The molecule has 46 heavy (non-hydrogen) atoms. The Hall–Kier alpha value is -5.27. The summed E-state index contributed by atoms with van der Waals surface area (Å²) in [7, 11) is 3.66. The molecule has 0 bridgehead atoms. The fraction of sp³-hybridized carbons (Fsp3) is 0.273. The minimum Gasteiger partial charge on any atom is -0.492 e. The topological polar surface area (TPSA) is 141 Å². The van der Waals surface area contributed by atoms with Gasteiger partial charge >= 0.3 is 0 Å². The van der Waals surface area contributed by atoms with Crippen molar-refractivity contribution in [1.82, 2.24) is 44.9 Å². The van der Waals surface area contributed by atoms with Crippen LogP contribution in [0.25, 0.3) is 56.0 Å². The van der Waals surface area contributed by atoms with Crippen LogP contribution in [-0.4, -0.2) is 97.7 Å². The Morgan fingerprint density at radius 3 is 2.78 bits per heavy atom. The fourth-order valence-electron chi connectivity index (χ4n) is 5.76. The molecule has 3 N–H and O–H groups in total. The van der Waals surface area contributed by atoms with Crippen LogP contribution in [0, 0.1) is 5.82 Å². The number of rotatable bonds is 10. The van der Waals surface area contributed by atoms with Gasteiger partial charge in [-0.05, 0) is 75.9 Å². The SMILES string of the molecule is CN(C)CC(=O)Nc1cncc(-c2cc3c(-c4nc5nccc(-c6cc(F)cc(OCCN7CCCC7)c6)c5[nH]4)n[nH]c3cn2)c1. The third-order valence-corrected chi connectivity index (χ3v) is 7.90. The number of nitrogens with zero attached hydrogens (tertiary/aromatic N) is 7. The number of halogens is 1. The second kappa shape index (κ2) is 12.6. The van der Waals surface area contributed by atoms with Crippen molar-refractivity contribution < 1.29 is 13.9 Å². The van der Waals surface area contributed by atoms with Gasteiger partial charge in [0.05, 0.1) is 41.4 Å². The number of fused-ring (bicyclic) bond motifs is 2. The van der Waals surface area contributed by atoms with Crippen LogP contribution in [0.5, 0.6) is 5.75 Å². The van der Waals surface area contributed by atoms with Gasteiger partial charge in [0.2, 0.25) is 5.91 Å². The van der Waals surface area contributed by atoms with Gasteiger partial charge in [0.1, 0.15) is 23.9 Å². The number of H-pyrrole nitrogens is 2. The molecule has 1 saturated heterocycles. The number of anilines is 1. The van der Waals surface area contributed by atoms with E-state index in [-0.39, 0.29) is 18.3 Å². The van der Waals surface area contributed by atoms with Gasteiger partial charge < -0.3 is 19.9 Å². The highest BCUT2D eigenvalue weighted by atomic mass is 19.1. The van der Waals surface area contributed by atoms with Gasteiger partial charge in [-0.2, -0.15) is 5.10 Å². The number of benzene rings is 1. The zero-order valence-corrected chi connectivity index (χ0v) is 25.5. The number of nitrogens with one attached hydrogen (secondary N) is 3. The predicted octanol–water partition coefficient (Wildman–Crippen LogP) is 4.74. The van der Waals surface area contributed by atoms with E-state index in [0.717, 1.165) is 41.7 Å². The number of likely N-dealkylation sites (N-methyl/N-ethyl adjacent to an activating group) is 1. The van der Waals surface area contributed by atoms with Gasteiger partial charge in [-0.1, -0.05) is 0 Å². The van der Waals surface area contributed by atoms with Crippen LogP contribution < -0.4 is 10.1 Å². The molecule has 1 aliphatic rings. The molecule has 1 aliphatic heterocycles.